The van der Waals surface area contributed by atoms with Crippen LogP contribution in [0.4, 0.5) is 4.79 Å². The van der Waals surface area contributed by atoms with Gasteiger partial charge >= 0.3 is 6.03 Å². The van der Waals surface area contributed by atoms with Crippen LogP contribution in [0.2, 0.25) is 0 Å². The molecule has 0 unspecified atom stereocenters. The summed E-state index contributed by atoms with van der Waals surface area (Å²) in [7, 11) is 0. The molecule has 6 nitrogen and oxygen atoms in total. The van der Waals surface area contributed by atoms with Crippen molar-refractivity contribution in [3.63, 3.8) is 0 Å². The van der Waals surface area contributed by atoms with Crippen LogP contribution in [-0.2, 0) is 11.2 Å². The van der Waals surface area contributed by atoms with Gasteiger partial charge in [0, 0.05) is 6.54 Å². The molecule has 0 bridgehead atoms. The van der Waals surface area contributed by atoms with E-state index in [0.717, 1.165) is 18.4 Å². The number of hydrogen-bond donors (Lipinski definition) is 4. The van der Waals surface area contributed by atoms with Crippen molar-refractivity contribution in [2.45, 2.75) is 44.7 Å². The van der Waals surface area contributed by atoms with Crippen molar-refractivity contribution >= 4 is 11.9 Å². The quantitative estimate of drug-likeness (QED) is 0.649. The van der Waals surface area contributed by atoms with Gasteiger partial charge in [0.2, 0.25) is 5.91 Å². The lowest BCUT2D eigenvalue weighted by atomic mass is 10.1. The monoisotopic (exact) mass is 319 g/mol. The molecule has 0 spiro atoms. The van der Waals surface area contributed by atoms with Crippen molar-refractivity contribution in [2.24, 2.45) is 0 Å². The molecule has 1 aromatic rings. The van der Waals surface area contributed by atoms with Crippen molar-refractivity contribution in [2.75, 3.05) is 13.2 Å². The molecule has 1 heterocycles. The Bertz CT molecular complexity index is 530. The Kier molecular flexibility index (Phi) is 6.40. The minimum Gasteiger partial charge on any atom is -0.394 e. The van der Waals surface area contributed by atoms with Gasteiger partial charge in [-0.05, 0) is 38.2 Å². The van der Waals surface area contributed by atoms with Gasteiger partial charge in [-0.25, -0.2) is 4.79 Å². The number of urea groups is 1. The number of rotatable bonds is 5. The largest absolute Gasteiger partial charge is 0.394 e. The first-order valence-corrected chi connectivity index (χ1v) is 8.09. The third kappa shape index (κ3) is 5.56. The summed E-state index contributed by atoms with van der Waals surface area (Å²) in [6, 6.07) is 6.66. The molecule has 1 aliphatic rings. The van der Waals surface area contributed by atoms with Gasteiger partial charge in [-0.15, -0.1) is 0 Å². The Morgan fingerprint density at radius 2 is 2.09 bits per heavy atom. The highest BCUT2D eigenvalue weighted by Crippen LogP contribution is 2.07. The van der Waals surface area contributed by atoms with Crippen LogP contribution in [0.3, 0.4) is 0 Å². The highest BCUT2D eigenvalue weighted by molar-refractivity contribution is 5.87. The highest BCUT2D eigenvalue weighted by Gasteiger charge is 2.23. The molecular formula is C17H25N3O3. The number of aryl methyl sites for hydroxylation is 1. The van der Waals surface area contributed by atoms with Gasteiger partial charge in [0.25, 0.3) is 0 Å². The maximum Gasteiger partial charge on any atom is 0.315 e. The zero-order valence-electron chi connectivity index (χ0n) is 13.5. The maximum atomic E-state index is 12.1. The van der Waals surface area contributed by atoms with Crippen LogP contribution in [0.25, 0.3) is 0 Å². The van der Waals surface area contributed by atoms with Gasteiger partial charge in [0.1, 0.15) is 6.04 Å². The van der Waals surface area contributed by atoms with E-state index in [-0.39, 0.29) is 18.6 Å². The summed E-state index contributed by atoms with van der Waals surface area (Å²) in [5.74, 6) is -0.142. The molecule has 1 saturated heterocycles. The van der Waals surface area contributed by atoms with E-state index in [2.05, 4.69) is 16.0 Å². The second kappa shape index (κ2) is 8.53. The molecule has 2 rings (SSSR count). The maximum absolute atomic E-state index is 12.1. The fourth-order valence-corrected chi connectivity index (χ4v) is 2.63. The molecule has 0 saturated carbocycles. The normalized spacial score (nSPS) is 19.4. The minimum absolute atomic E-state index is 0.142. The summed E-state index contributed by atoms with van der Waals surface area (Å²) < 4.78 is 0. The number of hydrogen-bond acceptors (Lipinski definition) is 3. The first-order chi connectivity index (χ1) is 11.1. The van der Waals surface area contributed by atoms with Gasteiger partial charge in [0.05, 0.1) is 12.6 Å². The molecule has 0 aliphatic carbocycles. The summed E-state index contributed by atoms with van der Waals surface area (Å²) in [6.45, 7) is 2.51. The molecule has 3 amide bonds. The van der Waals surface area contributed by atoms with Crippen molar-refractivity contribution in [3.8, 4) is 0 Å². The molecule has 1 fully saturated rings. The third-order valence-electron chi connectivity index (χ3n) is 4.00. The van der Waals surface area contributed by atoms with Gasteiger partial charge in [-0.2, -0.15) is 0 Å². The molecule has 126 valence electrons. The van der Waals surface area contributed by atoms with Crippen LogP contribution < -0.4 is 16.0 Å². The molecular weight excluding hydrogens is 294 g/mol. The van der Waals surface area contributed by atoms with Crippen LogP contribution in [0.1, 0.15) is 30.4 Å². The van der Waals surface area contributed by atoms with Crippen molar-refractivity contribution in [3.05, 3.63) is 35.4 Å². The van der Waals surface area contributed by atoms with Gasteiger partial charge in [-0.3, -0.25) is 4.79 Å². The van der Waals surface area contributed by atoms with E-state index < -0.39 is 12.1 Å². The standard InChI is InChI=1S/C17H25N3O3/c1-12-5-7-13(8-6-12)10-14(11-21)19-17(23)20-15-4-2-3-9-18-16(15)22/h5-8,14-15,21H,2-4,9-11H2,1H3,(H,18,22)(H2,19,20,23)/t14-,15+/m1/s1. The third-order valence-corrected chi connectivity index (χ3v) is 4.00. The molecule has 0 aromatic heterocycles. The molecule has 23 heavy (non-hydrogen) atoms. The SMILES string of the molecule is Cc1ccc(C[C@H](CO)NC(=O)N[C@H]2CCCCNC2=O)cc1. The second-order valence-electron chi connectivity index (χ2n) is 6.03. The number of carbonyl (C=O) groups is 2. The van der Waals surface area contributed by atoms with Crippen LogP contribution in [-0.4, -0.2) is 42.3 Å². The predicted molar refractivity (Wildman–Crippen MR) is 88.1 cm³/mol. The zero-order chi connectivity index (χ0) is 16.7. The fourth-order valence-electron chi connectivity index (χ4n) is 2.63. The van der Waals surface area contributed by atoms with E-state index >= 15 is 0 Å². The Hall–Kier alpha value is -2.08. The number of carbonyl (C=O) groups excluding carboxylic acids is 2. The van der Waals surface area contributed by atoms with Crippen molar-refractivity contribution < 1.29 is 14.7 Å². The summed E-state index contributed by atoms with van der Waals surface area (Å²) in [5, 5.41) is 17.7. The number of amides is 3. The van der Waals surface area contributed by atoms with Gasteiger partial charge < -0.3 is 21.1 Å². The lowest BCUT2D eigenvalue weighted by molar-refractivity contribution is -0.122. The number of aliphatic hydroxyl groups is 1. The van der Waals surface area contributed by atoms with E-state index in [1.165, 1.54) is 5.56 Å². The van der Waals surface area contributed by atoms with Gasteiger partial charge in [0.15, 0.2) is 0 Å². The topological polar surface area (TPSA) is 90.5 Å². The van der Waals surface area contributed by atoms with E-state index in [1.54, 1.807) is 0 Å². The van der Waals surface area contributed by atoms with Crippen LogP contribution in [0, 0.1) is 6.92 Å². The minimum atomic E-state index is -0.504. The molecule has 1 aliphatic heterocycles. The lowest BCUT2D eigenvalue weighted by Crippen LogP contribution is -2.52. The fraction of sp³-hybridized carbons (Fsp3) is 0.529. The zero-order valence-corrected chi connectivity index (χ0v) is 13.5. The summed E-state index contributed by atoms with van der Waals surface area (Å²) in [6.07, 6.45) is 3.01. The Morgan fingerprint density at radius 1 is 1.35 bits per heavy atom. The van der Waals surface area contributed by atoms with Gasteiger partial charge in [-0.1, -0.05) is 29.8 Å². The second-order valence-corrected chi connectivity index (χ2v) is 6.03. The van der Waals surface area contributed by atoms with E-state index in [4.69, 9.17) is 0 Å². The average Bonchev–Trinajstić information content (AvgIpc) is 2.73. The Morgan fingerprint density at radius 3 is 2.78 bits per heavy atom. The molecule has 2 atom stereocenters. The first-order valence-electron chi connectivity index (χ1n) is 8.09. The summed E-state index contributed by atoms with van der Waals surface area (Å²) in [5.41, 5.74) is 2.21. The summed E-state index contributed by atoms with van der Waals surface area (Å²) in [4.78, 5) is 23.9. The Labute approximate surface area is 136 Å². The summed E-state index contributed by atoms with van der Waals surface area (Å²) >= 11 is 0. The average molecular weight is 319 g/mol. The van der Waals surface area contributed by atoms with Crippen molar-refractivity contribution in [1.82, 2.24) is 16.0 Å². The predicted octanol–water partition coefficient (Wildman–Crippen LogP) is 0.866. The molecule has 4 N–H and O–H groups in total. The smallest absolute Gasteiger partial charge is 0.315 e. The van der Waals surface area contributed by atoms with E-state index in [9.17, 15) is 14.7 Å². The van der Waals surface area contributed by atoms with E-state index in [0.29, 0.717) is 19.4 Å². The van der Waals surface area contributed by atoms with E-state index in [1.807, 2.05) is 31.2 Å². The van der Waals surface area contributed by atoms with Crippen LogP contribution >= 0.6 is 0 Å². The van der Waals surface area contributed by atoms with Crippen LogP contribution in [0.15, 0.2) is 24.3 Å². The van der Waals surface area contributed by atoms with Crippen LogP contribution in [0.5, 0.6) is 0 Å². The Balaban J connectivity index is 1.86. The lowest BCUT2D eigenvalue weighted by Gasteiger charge is -2.20. The molecule has 1 aromatic carbocycles. The first kappa shape index (κ1) is 17.3. The molecule has 0 radical (unpaired) electrons. The number of aliphatic hydroxyl groups excluding tert-OH is 1. The highest BCUT2D eigenvalue weighted by atomic mass is 16.3. The van der Waals surface area contributed by atoms with Crippen molar-refractivity contribution in [1.29, 1.82) is 0 Å². The number of benzene rings is 1. The molecule has 6 heteroatoms. The number of nitrogens with one attached hydrogen (secondary N) is 3.